The van der Waals surface area contributed by atoms with E-state index in [0.29, 0.717) is 19.3 Å². The minimum absolute atomic E-state index is 0.102. The molecule has 0 bridgehead atoms. The van der Waals surface area contributed by atoms with Gasteiger partial charge in [-0.1, -0.05) is 278 Å². The van der Waals surface area contributed by atoms with Gasteiger partial charge in [-0.25, -0.2) is 0 Å². The second-order valence-electron chi connectivity index (χ2n) is 20.6. The fourth-order valence-corrected chi connectivity index (χ4v) is 8.58. The summed E-state index contributed by atoms with van der Waals surface area (Å²) in [6, 6.07) is 0. The highest BCUT2D eigenvalue weighted by molar-refractivity contribution is 5.71. The maximum absolute atomic E-state index is 12.9. The molecule has 1 atom stereocenters. The van der Waals surface area contributed by atoms with Crippen molar-refractivity contribution >= 4 is 17.9 Å². The van der Waals surface area contributed by atoms with Crippen molar-refractivity contribution in [3.05, 3.63) is 109 Å². The molecular formula is C69H116O6. The molecule has 1 unspecified atom stereocenters. The van der Waals surface area contributed by atoms with E-state index >= 15 is 0 Å². The molecule has 0 heterocycles. The summed E-state index contributed by atoms with van der Waals surface area (Å²) in [4.78, 5) is 38.3. The molecule has 0 saturated heterocycles. The van der Waals surface area contributed by atoms with Gasteiger partial charge in [-0.15, -0.1) is 0 Å². The highest BCUT2D eigenvalue weighted by atomic mass is 16.6. The van der Waals surface area contributed by atoms with Crippen LogP contribution in [0.25, 0.3) is 0 Å². The largest absolute Gasteiger partial charge is 0.462 e. The first-order chi connectivity index (χ1) is 37.0. The highest BCUT2D eigenvalue weighted by Crippen LogP contribution is 2.16. The predicted octanol–water partition coefficient (Wildman–Crippen LogP) is 21.4. The van der Waals surface area contributed by atoms with Gasteiger partial charge >= 0.3 is 17.9 Å². The van der Waals surface area contributed by atoms with Crippen LogP contribution in [-0.4, -0.2) is 37.2 Å². The zero-order valence-electron chi connectivity index (χ0n) is 49.0. The van der Waals surface area contributed by atoms with Crippen LogP contribution >= 0.6 is 0 Å². The quantitative estimate of drug-likeness (QED) is 0.0261. The number of hydrogen-bond acceptors (Lipinski definition) is 6. The zero-order valence-corrected chi connectivity index (χ0v) is 49.0. The molecule has 0 aromatic rings. The minimum Gasteiger partial charge on any atom is -0.462 e. The molecule has 0 amide bonds. The Hall–Kier alpha value is -3.93. The highest BCUT2D eigenvalue weighted by Gasteiger charge is 2.19. The van der Waals surface area contributed by atoms with Crippen LogP contribution in [0, 0.1) is 0 Å². The number of unbranched alkanes of at least 4 members (excludes halogenated alkanes) is 27. The lowest BCUT2D eigenvalue weighted by atomic mass is 10.0. The first-order valence-corrected chi connectivity index (χ1v) is 31.4. The van der Waals surface area contributed by atoms with Crippen molar-refractivity contribution in [3.8, 4) is 0 Å². The summed E-state index contributed by atoms with van der Waals surface area (Å²) in [7, 11) is 0. The number of rotatable bonds is 56. The number of carbonyl (C=O) groups is 3. The van der Waals surface area contributed by atoms with Crippen LogP contribution in [0.15, 0.2) is 109 Å². The summed E-state index contributed by atoms with van der Waals surface area (Å²) in [5.74, 6) is -0.968. The van der Waals surface area contributed by atoms with E-state index < -0.39 is 6.10 Å². The van der Waals surface area contributed by atoms with E-state index in [1.807, 2.05) is 0 Å². The van der Waals surface area contributed by atoms with E-state index in [0.717, 1.165) is 116 Å². The fraction of sp³-hybridized carbons (Fsp3) is 0.696. The number of carbonyl (C=O) groups excluding carboxylic acids is 3. The molecule has 0 spiro atoms. The first kappa shape index (κ1) is 71.1. The second-order valence-corrected chi connectivity index (χ2v) is 20.6. The van der Waals surface area contributed by atoms with Gasteiger partial charge in [-0.2, -0.15) is 0 Å². The molecule has 6 nitrogen and oxygen atoms in total. The van der Waals surface area contributed by atoms with Crippen LogP contribution in [0.3, 0.4) is 0 Å². The van der Waals surface area contributed by atoms with E-state index in [2.05, 4.69) is 130 Å². The van der Waals surface area contributed by atoms with Gasteiger partial charge in [-0.3, -0.25) is 14.4 Å². The van der Waals surface area contributed by atoms with Crippen molar-refractivity contribution in [2.45, 2.75) is 297 Å². The topological polar surface area (TPSA) is 78.9 Å². The lowest BCUT2D eigenvalue weighted by molar-refractivity contribution is -0.167. The zero-order chi connectivity index (χ0) is 54.3. The van der Waals surface area contributed by atoms with E-state index in [1.54, 1.807) is 0 Å². The van der Waals surface area contributed by atoms with Gasteiger partial charge in [0.25, 0.3) is 0 Å². The van der Waals surface area contributed by atoms with Crippen LogP contribution in [0.1, 0.15) is 290 Å². The van der Waals surface area contributed by atoms with E-state index in [9.17, 15) is 14.4 Å². The molecule has 0 rings (SSSR count). The van der Waals surface area contributed by atoms with E-state index in [4.69, 9.17) is 14.2 Å². The Labute approximate surface area is 463 Å². The third-order valence-electron chi connectivity index (χ3n) is 13.3. The summed E-state index contributed by atoms with van der Waals surface area (Å²) < 4.78 is 16.9. The molecule has 0 aromatic heterocycles. The molecular weight excluding hydrogens is 925 g/mol. The molecule has 0 fully saturated rings. The van der Waals surface area contributed by atoms with E-state index in [-0.39, 0.29) is 37.5 Å². The summed E-state index contributed by atoms with van der Waals surface area (Å²) >= 11 is 0. The summed E-state index contributed by atoms with van der Waals surface area (Å²) in [5.41, 5.74) is 0. The van der Waals surface area contributed by atoms with Gasteiger partial charge in [0.1, 0.15) is 13.2 Å². The Morgan fingerprint density at radius 3 is 0.880 bits per heavy atom. The van der Waals surface area contributed by atoms with Crippen molar-refractivity contribution in [3.63, 3.8) is 0 Å². The minimum atomic E-state index is -0.809. The van der Waals surface area contributed by atoms with Crippen LogP contribution in [0.5, 0.6) is 0 Å². The number of esters is 3. The molecule has 0 aliphatic rings. The van der Waals surface area contributed by atoms with Crippen molar-refractivity contribution in [2.24, 2.45) is 0 Å². The summed E-state index contributed by atoms with van der Waals surface area (Å²) in [5, 5.41) is 0. The lowest BCUT2D eigenvalue weighted by Crippen LogP contribution is -2.30. The van der Waals surface area contributed by atoms with Gasteiger partial charge in [-0.05, 0) is 103 Å². The second kappa shape index (κ2) is 62.6. The van der Waals surface area contributed by atoms with Crippen LogP contribution in [0.2, 0.25) is 0 Å². The summed E-state index contributed by atoms with van der Waals surface area (Å²) in [6.45, 7) is 6.47. The molecule has 0 N–H and O–H groups in total. The average molecular weight is 1040 g/mol. The molecule has 0 saturated carbocycles. The number of ether oxygens (including phenoxy) is 3. The van der Waals surface area contributed by atoms with Crippen molar-refractivity contribution in [1.29, 1.82) is 0 Å². The van der Waals surface area contributed by atoms with Gasteiger partial charge in [0, 0.05) is 19.3 Å². The van der Waals surface area contributed by atoms with Gasteiger partial charge < -0.3 is 14.2 Å². The van der Waals surface area contributed by atoms with Crippen molar-refractivity contribution < 1.29 is 28.6 Å². The smallest absolute Gasteiger partial charge is 0.306 e. The first-order valence-electron chi connectivity index (χ1n) is 31.4. The fourth-order valence-electron chi connectivity index (χ4n) is 8.58. The Morgan fingerprint density at radius 1 is 0.280 bits per heavy atom. The molecule has 0 aliphatic carbocycles. The standard InChI is InChI=1S/C69H116O6/c1-4-7-10-13-16-19-22-25-28-31-33-34-35-36-37-39-41-44-47-50-53-56-59-62-68(71)74-65-66(64-73-67(70)61-58-55-52-49-46-43-40-30-27-24-21-18-15-12-9-6-3)75-69(72)63-60-57-54-51-48-45-42-38-32-29-26-23-20-17-14-11-8-5-2/h7,10,16,19,21,24-25,28,30,33-34,36-37,40-41,44,50,53,66H,4-6,8-9,11-15,17-18,20,22-23,26-27,29,31-32,35,38-39,42-43,45-49,51-52,54-65H2,1-3H3/b10-7-,19-16-,24-21-,28-25-,34-33-,37-36-,40-30-,44-41-,53-50-. The van der Waals surface area contributed by atoms with Crippen LogP contribution < -0.4 is 0 Å². The number of hydrogen-bond donors (Lipinski definition) is 0. The van der Waals surface area contributed by atoms with Crippen molar-refractivity contribution in [1.82, 2.24) is 0 Å². The van der Waals surface area contributed by atoms with E-state index in [1.165, 1.54) is 128 Å². The van der Waals surface area contributed by atoms with Crippen molar-refractivity contribution in [2.75, 3.05) is 13.2 Å². The SMILES string of the molecule is CC/C=C\C/C=C\C/C=C\C/C=C\C/C=C\C/C=C\C/C=C\CCCC(=O)OCC(COC(=O)CCCCCCC/C=C\C/C=C\CCCCCC)OC(=O)CCCCCCCCCCCCCCCCCCCC. The third-order valence-corrected chi connectivity index (χ3v) is 13.3. The average Bonchev–Trinajstić information content (AvgIpc) is 3.41. The van der Waals surface area contributed by atoms with Gasteiger partial charge in [0.05, 0.1) is 0 Å². The molecule has 0 radical (unpaired) electrons. The predicted molar refractivity (Wildman–Crippen MR) is 325 cm³/mol. The van der Waals surface area contributed by atoms with Crippen LogP contribution in [-0.2, 0) is 28.6 Å². The maximum atomic E-state index is 12.9. The van der Waals surface area contributed by atoms with Crippen LogP contribution in [0.4, 0.5) is 0 Å². The third kappa shape index (κ3) is 60.8. The normalized spacial score (nSPS) is 12.8. The van der Waals surface area contributed by atoms with Gasteiger partial charge in [0.2, 0.25) is 0 Å². The molecule has 75 heavy (non-hydrogen) atoms. The molecule has 6 heteroatoms. The monoisotopic (exact) mass is 1040 g/mol. The molecule has 428 valence electrons. The molecule has 0 aliphatic heterocycles. The summed E-state index contributed by atoms with van der Waals surface area (Å²) in [6.07, 6.45) is 85.2. The Morgan fingerprint density at radius 2 is 0.533 bits per heavy atom. The lowest BCUT2D eigenvalue weighted by Gasteiger charge is -2.18. The molecule has 0 aromatic carbocycles. The Kier molecular flexibility index (Phi) is 59.3. The van der Waals surface area contributed by atoms with Gasteiger partial charge in [0.15, 0.2) is 6.10 Å². The number of allylic oxidation sites excluding steroid dienone is 18. The Bertz CT molecular complexity index is 1520. The Balaban J connectivity index is 4.49. The maximum Gasteiger partial charge on any atom is 0.306 e.